The van der Waals surface area contributed by atoms with E-state index in [2.05, 4.69) is 23.8 Å². The van der Waals surface area contributed by atoms with Crippen molar-refractivity contribution in [1.29, 1.82) is 0 Å². The molecule has 2 rings (SSSR count). The number of hydrogen-bond acceptors (Lipinski definition) is 3. The monoisotopic (exact) mass is 446 g/mol. The highest BCUT2D eigenvalue weighted by molar-refractivity contribution is 5.55. The Hall–Kier alpha value is -2.04. The van der Waals surface area contributed by atoms with E-state index in [1.54, 1.807) is 12.4 Å². The number of nitrogens with zero attached hydrogens (tertiary/aromatic N) is 2. The average Bonchev–Trinajstić information content (AvgIpc) is 2.82. The van der Waals surface area contributed by atoms with Crippen LogP contribution in [0.2, 0.25) is 0 Å². The topological polar surface area (TPSA) is 35.0 Å². The Morgan fingerprint density at radius 1 is 0.750 bits per heavy atom. The minimum atomic E-state index is -0.928. The van der Waals surface area contributed by atoms with Gasteiger partial charge < -0.3 is 4.74 Å². The molecule has 0 radical (unpaired) electrons. The van der Waals surface area contributed by atoms with E-state index in [1.165, 1.54) is 12.8 Å². The molecule has 5 heteroatoms. The maximum absolute atomic E-state index is 14.0. The van der Waals surface area contributed by atoms with Gasteiger partial charge in [-0.2, -0.15) is 0 Å². The van der Waals surface area contributed by atoms with Gasteiger partial charge in [-0.1, -0.05) is 65.2 Å². The summed E-state index contributed by atoms with van der Waals surface area (Å²) in [7, 11) is 0. The Balaban J connectivity index is 1.73. The van der Waals surface area contributed by atoms with Gasteiger partial charge in [-0.15, -0.1) is 0 Å². The molecular weight excluding hydrogens is 406 g/mol. The zero-order valence-electron chi connectivity index (χ0n) is 19.9. The van der Waals surface area contributed by atoms with E-state index in [4.69, 9.17) is 4.74 Å². The van der Waals surface area contributed by atoms with E-state index in [9.17, 15) is 8.78 Å². The number of halogens is 2. The lowest BCUT2D eigenvalue weighted by Crippen LogP contribution is -2.12. The van der Waals surface area contributed by atoms with Gasteiger partial charge in [-0.05, 0) is 55.5 Å². The third kappa shape index (κ3) is 10.5. The average molecular weight is 447 g/mol. The van der Waals surface area contributed by atoms with Crippen molar-refractivity contribution in [2.24, 2.45) is 0 Å². The molecule has 0 unspecified atom stereocenters. The third-order valence-corrected chi connectivity index (χ3v) is 5.74. The van der Waals surface area contributed by atoms with E-state index < -0.39 is 12.3 Å². The molecule has 0 spiro atoms. The molecule has 0 fully saturated rings. The van der Waals surface area contributed by atoms with E-state index in [-0.39, 0.29) is 6.61 Å². The summed E-state index contributed by atoms with van der Waals surface area (Å²) in [4.78, 5) is 8.86. The molecule has 3 nitrogen and oxygen atoms in total. The molecule has 2 atom stereocenters. The maximum atomic E-state index is 14.0. The van der Waals surface area contributed by atoms with Crippen LogP contribution in [0, 0.1) is 0 Å². The van der Waals surface area contributed by atoms with Crippen molar-refractivity contribution in [3.63, 3.8) is 0 Å². The highest BCUT2D eigenvalue weighted by Crippen LogP contribution is 2.21. The summed E-state index contributed by atoms with van der Waals surface area (Å²) in [6.07, 6.45) is 13.0. The Morgan fingerprint density at radius 3 is 1.94 bits per heavy atom. The van der Waals surface area contributed by atoms with Crippen LogP contribution in [0.3, 0.4) is 0 Å². The highest BCUT2D eigenvalue weighted by atomic mass is 19.1. The summed E-state index contributed by atoms with van der Waals surface area (Å²) >= 11 is 0. The molecule has 0 amide bonds. The summed E-state index contributed by atoms with van der Waals surface area (Å²) in [6.45, 7) is 4.40. The number of rotatable bonds is 17. The lowest BCUT2D eigenvalue weighted by Gasteiger charge is -2.11. The quantitative estimate of drug-likeness (QED) is 0.230. The second-order valence-electron chi connectivity index (χ2n) is 8.68. The zero-order valence-corrected chi connectivity index (χ0v) is 19.9. The fourth-order valence-electron chi connectivity index (χ4n) is 3.66. The summed E-state index contributed by atoms with van der Waals surface area (Å²) in [5.74, 6) is 1.27. The molecule has 1 aromatic heterocycles. The number of ether oxygens (including phenoxy) is 1. The minimum Gasteiger partial charge on any atom is -0.491 e. The number of aryl methyl sites for hydroxylation is 1. The Bertz CT molecular complexity index is 658. The van der Waals surface area contributed by atoms with Crippen LogP contribution in [0.25, 0.3) is 11.4 Å². The van der Waals surface area contributed by atoms with Crippen molar-refractivity contribution < 1.29 is 13.5 Å². The zero-order chi connectivity index (χ0) is 23.0. The standard InChI is InChI=1S/C27H40F2N2O/c1-3-5-7-9-11-24(28)16-13-22-19-30-27(31-20-22)23-14-17-26(18-15-23)32-21-25(29)12-10-8-6-4-2/h14-15,17-20,24-25H,3-13,16,21H2,1-2H3/t24-,25+/m0/s1. The van der Waals surface area contributed by atoms with Crippen LogP contribution in [0.5, 0.6) is 5.75 Å². The van der Waals surface area contributed by atoms with Gasteiger partial charge in [0.05, 0.1) is 0 Å². The Morgan fingerprint density at radius 2 is 1.34 bits per heavy atom. The Kier molecular flexibility index (Phi) is 12.9. The van der Waals surface area contributed by atoms with Gasteiger partial charge in [0, 0.05) is 18.0 Å². The number of alkyl halides is 2. The minimum absolute atomic E-state index is 0.0881. The fraction of sp³-hybridized carbons (Fsp3) is 0.630. The summed E-state index contributed by atoms with van der Waals surface area (Å²) in [6, 6.07) is 7.41. The molecule has 1 heterocycles. The van der Waals surface area contributed by atoms with Gasteiger partial charge in [0.25, 0.3) is 0 Å². The fourth-order valence-corrected chi connectivity index (χ4v) is 3.66. The Labute approximate surface area is 193 Å². The van der Waals surface area contributed by atoms with Gasteiger partial charge in [0.1, 0.15) is 24.7 Å². The number of aromatic nitrogens is 2. The van der Waals surface area contributed by atoms with Crippen molar-refractivity contribution in [3.8, 4) is 17.1 Å². The predicted octanol–water partition coefficient (Wildman–Crippen LogP) is 8.07. The number of benzene rings is 1. The molecule has 0 N–H and O–H groups in total. The van der Waals surface area contributed by atoms with Crippen LogP contribution in [0.15, 0.2) is 36.7 Å². The van der Waals surface area contributed by atoms with Gasteiger partial charge in [-0.25, -0.2) is 18.7 Å². The molecule has 0 aliphatic rings. The van der Waals surface area contributed by atoms with Crippen LogP contribution >= 0.6 is 0 Å². The van der Waals surface area contributed by atoms with Crippen LogP contribution in [0.1, 0.15) is 90.0 Å². The number of hydrogen-bond donors (Lipinski definition) is 0. The van der Waals surface area contributed by atoms with Crippen molar-refractivity contribution in [2.75, 3.05) is 6.61 Å². The van der Waals surface area contributed by atoms with Crippen LogP contribution in [0.4, 0.5) is 8.78 Å². The second kappa shape index (κ2) is 15.7. The molecule has 178 valence electrons. The predicted molar refractivity (Wildman–Crippen MR) is 129 cm³/mol. The SMILES string of the molecule is CCCCCC[C@H](F)CCc1cnc(-c2ccc(OC[C@H](F)CCCCCC)cc2)nc1. The van der Waals surface area contributed by atoms with Crippen molar-refractivity contribution >= 4 is 0 Å². The molecule has 0 bridgehead atoms. The van der Waals surface area contributed by atoms with E-state index in [0.717, 1.165) is 49.7 Å². The van der Waals surface area contributed by atoms with Gasteiger partial charge in [0.15, 0.2) is 5.82 Å². The van der Waals surface area contributed by atoms with Crippen LogP contribution in [-0.2, 0) is 6.42 Å². The molecule has 1 aromatic carbocycles. The first-order valence-electron chi connectivity index (χ1n) is 12.4. The molecule has 32 heavy (non-hydrogen) atoms. The van der Waals surface area contributed by atoms with Gasteiger partial charge >= 0.3 is 0 Å². The smallest absolute Gasteiger partial charge is 0.159 e. The first-order chi connectivity index (χ1) is 15.6. The summed E-state index contributed by atoms with van der Waals surface area (Å²) in [5, 5.41) is 0. The lowest BCUT2D eigenvalue weighted by molar-refractivity contribution is 0.184. The van der Waals surface area contributed by atoms with E-state index >= 15 is 0 Å². The molecule has 0 aliphatic heterocycles. The largest absolute Gasteiger partial charge is 0.491 e. The first-order valence-corrected chi connectivity index (χ1v) is 12.4. The van der Waals surface area contributed by atoms with Crippen molar-refractivity contribution in [3.05, 3.63) is 42.2 Å². The summed E-state index contributed by atoms with van der Waals surface area (Å²) in [5.41, 5.74) is 1.83. The molecule has 0 aliphatic carbocycles. The first kappa shape index (κ1) is 26.2. The number of unbranched alkanes of at least 4 members (excludes halogenated alkanes) is 6. The second-order valence-corrected chi connectivity index (χ2v) is 8.68. The van der Waals surface area contributed by atoms with E-state index in [1.807, 2.05) is 24.3 Å². The van der Waals surface area contributed by atoms with Gasteiger partial charge in [-0.3, -0.25) is 0 Å². The van der Waals surface area contributed by atoms with Gasteiger partial charge in [0.2, 0.25) is 0 Å². The maximum Gasteiger partial charge on any atom is 0.159 e. The van der Waals surface area contributed by atoms with Crippen molar-refractivity contribution in [2.45, 2.75) is 103 Å². The van der Waals surface area contributed by atoms with Crippen LogP contribution < -0.4 is 4.74 Å². The van der Waals surface area contributed by atoms with Crippen molar-refractivity contribution in [1.82, 2.24) is 9.97 Å². The van der Waals surface area contributed by atoms with E-state index in [0.29, 0.717) is 37.3 Å². The molecule has 2 aromatic rings. The summed E-state index contributed by atoms with van der Waals surface area (Å²) < 4.78 is 33.5. The third-order valence-electron chi connectivity index (χ3n) is 5.74. The lowest BCUT2D eigenvalue weighted by atomic mass is 10.0. The normalized spacial score (nSPS) is 13.1. The highest BCUT2D eigenvalue weighted by Gasteiger charge is 2.09. The molecule has 0 saturated carbocycles. The molecule has 0 saturated heterocycles. The molecular formula is C27H40F2N2O. The van der Waals surface area contributed by atoms with Crippen LogP contribution in [-0.4, -0.2) is 28.9 Å².